The summed E-state index contributed by atoms with van der Waals surface area (Å²) in [5, 5.41) is 7.15. The molecule has 3 aliphatic rings. The number of piperidine rings is 1. The molecule has 3 rings (SSSR count). The molecular weight excluding hydrogens is 348 g/mol. The molecule has 1 saturated heterocycles. The smallest absolute Gasteiger partial charge is 0.191 e. The van der Waals surface area contributed by atoms with Crippen LogP contribution < -0.4 is 10.6 Å². The Labute approximate surface area is 173 Å². The van der Waals surface area contributed by atoms with E-state index in [2.05, 4.69) is 20.5 Å². The van der Waals surface area contributed by atoms with Gasteiger partial charge in [0, 0.05) is 45.4 Å². The van der Waals surface area contributed by atoms with Crippen LogP contribution in [0.1, 0.15) is 89.9 Å². The van der Waals surface area contributed by atoms with Crippen molar-refractivity contribution in [2.24, 2.45) is 4.99 Å². The number of hydrogen-bond acceptors (Lipinski definition) is 3. The Balaban J connectivity index is 1.22. The van der Waals surface area contributed by atoms with Crippen LogP contribution in [0.3, 0.4) is 0 Å². The molecule has 2 saturated carbocycles. The van der Waals surface area contributed by atoms with Crippen LogP contribution in [-0.4, -0.2) is 62.3 Å². The zero-order valence-electron chi connectivity index (χ0n) is 18.3. The van der Waals surface area contributed by atoms with Gasteiger partial charge in [0.25, 0.3) is 0 Å². The molecule has 5 nitrogen and oxygen atoms in total. The second-order valence-corrected chi connectivity index (χ2v) is 9.08. The van der Waals surface area contributed by atoms with Crippen molar-refractivity contribution in [2.75, 3.05) is 33.3 Å². The molecule has 0 aromatic heterocycles. The van der Waals surface area contributed by atoms with Gasteiger partial charge in [-0.1, -0.05) is 38.5 Å². The second-order valence-electron chi connectivity index (χ2n) is 9.08. The first kappa shape index (κ1) is 21.9. The van der Waals surface area contributed by atoms with Crippen LogP contribution in [0.2, 0.25) is 0 Å². The summed E-state index contributed by atoms with van der Waals surface area (Å²) >= 11 is 0. The molecule has 162 valence electrons. The molecule has 2 aliphatic carbocycles. The highest BCUT2D eigenvalue weighted by molar-refractivity contribution is 5.79. The Hall–Kier alpha value is -0.810. The molecule has 0 unspecified atom stereocenters. The molecule has 0 bridgehead atoms. The minimum absolute atomic E-state index is 0.528. The lowest BCUT2D eigenvalue weighted by Crippen LogP contribution is -2.50. The van der Waals surface area contributed by atoms with Crippen molar-refractivity contribution in [1.29, 1.82) is 0 Å². The monoisotopic (exact) mass is 392 g/mol. The fraction of sp³-hybridized carbons (Fsp3) is 0.957. The van der Waals surface area contributed by atoms with Crippen LogP contribution >= 0.6 is 0 Å². The normalized spacial score (nSPS) is 24.4. The predicted octanol–water partition coefficient (Wildman–Crippen LogP) is 4.08. The minimum Gasteiger partial charge on any atom is -0.378 e. The summed E-state index contributed by atoms with van der Waals surface area (Å²) in [6, 6.07) is 1.45. The molecule has 28 heavy (non-hydrogen) atoms. The average Bonchev–Trinajstić information content (AvgIpc) is 3.14. The lowest BCUT2D eigenvalue weighted by molar-refractivity contribution is 0.0411. The first-order valence-corrected chi connectivity index (χ1v) is 12.2. The maximum absolute atomic E-state index is 6.09. The zero-order valence-corrected chi connectivity index (χ0v) is 18.3. The summed E-state index contributed by atoms with van der Waals surface area (Å²) in [5.74, 6) is 0.976. The Kier molecular flexibility index (Phi) is 9.92. The third-order valence-electron chi connectivity index (χ3n) is 6.95. The molecule has 0 aromatic carbocycles. The van der Waals surface area contributed by atoms with Gasteiger partial charge in [0.1, 0.15) is 0 Å². The zero-order chi connectivity index (χ0) is 19.4. The van der Waals surface area contributed by atoms with Gasteiger partial charge in [-0.25, -0.2) is 0 Å². The van der Waals surface area contributed by atoms with E-state index in [0.717, 1.165) is 38.0 Å². The van der Waals surface area contributed by atoms with E-state index in [9.17, 15) is 0 Å². The molecule has 0 spiro atoms. The molecule has 3 fully saturated rings. The van der Waals surface area contributed by atoms with Gasteiger partial charge < -0.3 is 20.3 Å². The fourth-order valence-electron chi connectivity index (χ4n) is 5.16. The van der Waals surface area contributed by atoms with E-state index >= 15 is 0 Å². The predicted molar refractivity (Wildman–Crippen MR) is 118 cm³/mol. The summed E-state index contributed by atoms with van der Waals surface area (Å²) in [6.07, 6.45) is 19.1. The van der Waals surface area contributed by atoms with Crippen molar-refractivity contribution < 1.29 is 4.74 Å². The summed E-state index contributed by atoms with van der Waals surface area (Å²) < 4.78 is 6.09. The van der Waals surface area contributed by atoms with Crippen LogP contribution in [0, 0.1) is 0 Å². The van der Waals surface area contributed by atoms with Crippen LogP contribution in [0.25, 0.3) is 0 Å². The summed E-state index contributed by atoms with van der Waals surface area (Å²) in [7, 11) is 1.89. The maximum atomic E-state index is 6.09. The van der Waals surface area contributed by atoms with Gasteiger partial charge in [-0.2, -0.15) is 0 Å². The van der Waals surface area contributed by atoms with E-state index in [0.29, 0.717) is 12.1 Å². The van der Waals surface area contributed by atoms with Crippen molar-refractivity contribution in [1.82, 2.24) is 15.5 Å². The van der Waals surface area contributed by atoms with Gasteiger partial charge in [0.2, 0.25) is 0 Å². The van der Waals surface area contributed by atoms with Crippen molar-refractivity contribution in [3.05, 3.63) is 0 Å². The van der Waals surface area contributed by atoms with E-state index in [1.807, 2.05) is 7.05 Å². The molecule has 1 heterocycles. The summed E-state index contributed by atoms with van der Waals surface area (Å²) in [5.41, 5.74) is 0. The number of likely N-dealkylation sites (tertiary alicyclic amines) is 1. The van der Waals surface area contributed by atoms with Gasteiger partial charge >= 0.3 is 0 Å². The minimum atomic E-state index is 0.528. The Bertz CT molecular complexity index is 434. The number of aliphatic imine (C=N–C) groups is 1. The lowest BCUT2D eigenvalue weighted by atomic mass is 10.0. The van der Waals surface area contributed by atoms with Crippen LogP contribution in [0.4, 0.5) is 0 Å². The maximum Gasteiger partial charge on any atom is 0.191 e. The largest absolute Gasteiger partial charge is 0.378 e. The number of rotatable bonds is 8. The van der Waals surface area contributed by atoms with Crippen LogP contribution in [0.5, 0.6) is 0 Å². The number of ether oxygens (including phenoxy) is 1. The van der Waals surface area contributed by atoms with Crippen LogP contribution in [-0.2, 0) is 4.74 Å². The third-order valence-corrected chi connectivity index (χ3v) is 6.95. The number of hydrogen-bond donors (Lipinski definition) is 2. The van der Waals surface area contributed by atoms with Gasteiger partial charge in [-0.15, -0.1) is 0 Å². The highest BCUT2D eigenvalue weighted by Gasteiger charge is 2.27. The molecule has 0 amide bonds. The van der Waals surface area contributed by atoms with E-state index in [1.54, 1.807) is 0 Å². The molecule has 5 heteroatoms. The Morgan fingerprint density at radius 2 is 1.57 bits per heavy atom. The molecule has 2 N–H and O–H groups in total. The third kappa shape index (κ3) is 7.55. The Morgan fingerprint density at radius 1 is 0.893 bits per heavy atom. The SMILES string of the molecule is CN=C(NCCCCOC1CCCCCC1)NC1CCN(C2CCCC2)CC1. The van der Waals surface area contributed by atoms with E-state index < -0.39 is 0 Å². The van der Waals surface area contributed by atoms with Crippen molar-refractivity contribution >= 4 is 5.96 Å². The Morgan fingerprint density at radius 3 is 2.25 bits per heavy atom. The van der Waals surface area contributed by atoms with Crippen LogP contribution in [0.15, 0.2) is 4.99 Å². The first-order valence-electron chi connectivity index (χ1n) is 12.2. The molecular formula is C23H44N4O. The van der Waals surface area contributed by atoms with Gasteiger partial charge in [-0.3, -0.25) is 4.99 Å². The molecule has 1 aliphatic heterocycles. The molecule has 0 aromatic rings. The fourth-order valence-corrected chi connectivity index (χ4v) is 5.16. The summed E-state index contributed by atoms with van der Waals surface area (Å²) in [6.45, 7) is 4.39. The highest BCUT2D eigenvalue weighted by Crippen LogP contribution is 2.26. The van der Waals surface area contributed by atoms with Crippen molar-refractivity contribution in [3.8, 4) is 0 Å². The van der Waals surface area contributed by atoms with Crippen molar-refractivity contribution in [3.63, 3.8) is 0 Å². The van der Waals surface area contributed by atoms with Gasteiger partial charge in [0.15, 0.2) is 5.96 Å². The van der Waals surface area contributed by atoms with Gasteiger partial charge in [0.05, 0.1) is 6.10 Å². The van der Waals surface area contributed by atoms with E-state index in [1.165, 1.54) is 90.1 Å². The number of nitrogens with one attached hydrogen (secondary N) is 2. The first-order chi connectivity index (χ1) is 13.8. The van der Waals surface area contributed by atoms with Gasteiger partial charge in [-0.05, 0) is 51.4 Å². The standard InChI is InChI=1S/C23H44N4O/c1-24-23(25-16-8-9-19-28-22-12-4-2-3-5-13-22)26-20-14-17-27(18-15-20)21-10-6-7-11-21/h20-22H,2-19H2,1H3,(H2,24,25,26). The number of unbranched alkanes of at least 4 members (excludes halogenated alkanes) is 1. The highest BCUT2D eigenvalue weighted by atomic mass is 16.5. The molecule has 0 radical (unpaired) electrons. The van der Waals surface area contributed by atoms with E-state index in [-0.39, 0.29) is 0 Å². The molecule has 0 atom stereocenters. The van der Waals surface area contributed by atoms with E-state index in [4.69, 9.17) is 4.74 Å². The number of guanidine groups is 1. The quantitative estimate of drug-likeness (QED) is 0.283. The second kappa shape index (κ2) is 12.7. The average molecular weight is 393 g/mol. The lowest BCUT2D eigenvalue weighted by Gasteiger charge is -2.36. The summed E-state index contributed by atoms with van der Waals surface area (Å²) in [4.78, 5) is 7.16. The topological polar surface area (TPSA) is 48.9 Å². The number of nitrogens with zero attached hydrogens (tertiary/aromatic N) is 2. The van der Waals surface area contributed by atoms with Crippen molar-refractivity contribution in [2.45, 2.75) is 108 Å².